The third kappa shape index (κ3) is 4.17. The summed E-state index contributed by atoms with van der Waals surface area (Å²) in [6, 6.07) is 21.4. The van der Waals surface area contributed by atoms with Crippen molar-refractivity contribution in [2.75, 3.05) is 31.1 Å². The molecule has 0 amide bonds. The maximum Gasteiger partial charge on any atom is 0.243 e. The molecular weight excluding hydrogens is 444 g/mol. The van der Waals surface area contributed by atoms with E-state index in [4.69, 9.17) is 0 Å². The van der Waals surface area contributed by atoms with Crippen LogP contribution in [0.2, 0.25) is 0 Å². The number of anilines is 1. The third-order valence-electron chi connectivity index (χ3n) is 6.69. The van der Waals surface area contributed by atoms with E-state index in [9.17, 15) is 8.42 Å². The van der Waals surface area contributed by atoms with Crippen LogP contribution in [-0.4, -0.2) is 49.1 Å². The standard InChI is InChI=1S/C27H28N4O2S/c1-19-16-21(3)25(17-20(19)2)26-10-11-27(29-28-26)30-12-14-31(15-13-30)34(32,33)24-9-8-22-6-4-5-7-23(22)18-24/h4-11,16-18H,12-15H2,1-3H3. The second-order valence-corrected chi connectivity index (χ2v) is 10.9. The van der Waals surface area contributed by atoms with Gasteiger partial charge in [0.05, 0.1) is 10.6 Å². The Kier molecular flexibility index (Phi) is 5.83. The molecule has 0 bridgehead atoms. The summed E-state index contributed by atoms with van der Waals surface area (Å²) in [5, 5.41) is 10.9. The second kappa shape index (κ2) is 8.81. The van der Waals surface area contributed by atoms with Gasteiger partial charge in [0.15, 0.2) is 5.82 Å². The summed E-state index contributed by atoms with van der Waals surface area (Å²) in [4.78, 5) is 2.43. The van der Waals surface area contributed by atoms with Gasteiger partial charge in [0, 0.05) is 31.7 Å². The molecule has 0 saturated carbocycles. The van der Waals surface area contributed by atoms with E-state index in [0.717, 1.165) is 27.8 Å². The van der Waals surface area contributed by atoms with E-state index in [0.29, 0.717) is 31.1 Å². The summed E-state index contributed by atoms with van der Waals surface area (Å²) in [5.74, 6) is 0.771. The van der Waals surface area contributed by atoms with Crippen molar-refractivity contribution in [3.8, 4) is 11.3 Å². The molecule has 3 aromatic carbocycles. The van der Waals surface area contributed by atoms with Crippen molar-refractivity contribution >= 4 is 26.6 Å². The summed E-state index contributed by atoms with van der Waals surface area (Å²) in [6.07, 6.45) is 0. The van der Waals surface area contributed by atoms with Gasteiger partial charge in [-0.15, -0.1) is 10.2 Å². The van der Waals surface area contributed by atoms with Crippen LogP contribution >= 0.6 is 0 Å². The van der Waals surface area contributed by atoms with E-state index >= 15 is 0 Å². The molecule has 4 aromatic rings. The molecule has 6 nitrogen and oxygen atoms in total. The fourth-order valence-corrected chi connectivity index (χ4v) is 5.97. The predicted octanol–water partition coefficient (Wildman–Crippen LogP) is 4.73. The number of aryl methyl sites for hydroxylation is 3. The SMILES string of the molecule is Cc1cc(C)c(-c2ccc(N3CCN(S(=O)(=O)c4ccc5ccccc5c4)CC3)nn2)cc1C. The Labute approximate surface area is 200 Å². The first-order valence-electron chi connectivity index (χ1n) is 11.5. The third-order valence-corrected chi connectivity index (χ3v) is 8.58. The molecule has 0 radical (unpaired) electrons. The van der Waals surface area contributed by atoms with Crippen LogP contribution in [-0.2, 0) is 10.0 Å². The number of fused-ring (bicyclic) bond motifs is 1. The van der Waals surface area contributed by atoms with Crippen molar-refractivity contribution < 1.29 is 8.42 Å². The molecule has 1 saturated heterocycles. The molecule has 1 aliphatic rings. The van der Waals surface area contributed by atoms with E-state index < -0.39 is 10.0 Å². The summed E-state index contributed by atoms with van der Waals surface area (Å²) < 4.78 is 28.0. The summed E-state index contributed by atoms with van der Waals surface area (Å²) in [5.41, 5.74) is 5.62. The molecular formula is C27H28N4O2S. The quantitative estimate of drug-likeness (QED) is 0.430. The molecule has 2 heterocycles. The van der Waals surface area contributed by atoms with E-state index in [2.05, 4.69) is 48.0 Å². The molecule has 1 fully saturated rings. The van der Waals surface area contributed by atoms with Crippen LogP contribution in [0, 0.1) is 20.8 Å². The highest BCUT2D eigenvalue weighted by Gasteiger charge is 2.29. The topological polar surface area (TPSA) is 66.4 Å². The smallest absolute Gasteiger partial charge is 0.243 e. The summed E-state index contributed by atoms with van der Waals surface area (Å²) >= 11 is 0. The Bertz CT molecular complexity index is 1460. The number of sulfonamides is 1. The van der Waals surface area contributed by atoms with Gasteiger partial charge < -0.3 is 4.90 Å². The molecule has 7 heteroatoms. The van der Waals surface area contributed by atoms with Crippen LogP contribution in [0.1, 0.15) is 16.7 Å². The zero-order valence-corrected chi connectivity index (χ0v) is 20.5. The fraction of sp³-hybridized carbons (Fsp3) is 0.259. The number of piperazine rings is 1. The van der Waals surface area contributed by atoms with Crippen LogP contribution in [0.3, 0.4) is 0 Å². The van der Waals surface area contributed by atoms with E-state index in [1.165, 1.54) is 16.7 Å². The van der Waals surface area contributed by atoms with Gasteiger partial charge in [-0.2, -0.15) is 4.31 Å². The monoisotopic (exact) mass is 472 g/mol. The number of hydrogen-bond donors (Lipinski definition) is 0. The number of hydrogen-bond acceptors (Lipinski definition) is 5. The van der Waals surface area contributed by atoms with Gasteiger partial charge in [0.25, 0.3) is 0 Å². The van der Waals surface area contributed by atoms with Gasteiger partial charge in [-0.1, -0.05) is 36.4 Å². The lowest BCUT2D eigenvalue weighted by molar-refractivity contribution is 0.383. The van der Waals surface area contributed by atoms with E-state index in [-0.39, 0.29) is 0 Å². The lowest BCUT2D eigenvalue weighted by Crippen LogP contribution is -2.49. The van der Waals surface area contributed by atoms with Crippen molar-refractivity contribution in [3.05, 3.63) is 83.4 Å². The number of benzene rings is 3. The zero-order chi connectivity index (χ0) is 23.9. The molecule has 5 rings (SSSR count). The number of nitrogens with zero attached hydrogens (tertiary/aromatic N) is 4. The Balaban J connectivity index is 1.29. The summed E-state index contributed by atoms with van der Waals surface area (Å²) in [7, 11) is -3.54. The molecule has 0 aliphatic carbocycles. The minimum Gasteiger partial charge on any atom is -0.352 e. The highest BCUT2D eigenvalue weighted by atomic mass is 32.2. The predicted molar refractivity (Wildman–Crippen MR) is 137 cm³/mol. The first-order chi connectivity index (χ1) is 16.3. The van der Waals surface area contributed by atoms with Gasteiger partial charge in [0.2, 0.25) is 10.0 Å². The van der Waals surface area contributed by atoms with Crippen LogP contribution < -0.4 is 4.90 Å². The van der Waals surface area contributed by atoms with Crippen molar-refractivity contribution in [3.63, 3.8) is 0 Å². The van der Waals surface area contributed by atoms with Gasteiger partial charge >= 0.3 is 0 Å². The largest absolute Gasteiger partial charge is 0.352 e. The minimum atomic E-state index is -3.54. The molecule has 0 atom stereocenters. The summed E-state index contributed by atoms with van der Waals surface area (Å²) in [6.45, 7) is 8.27. The Hall–Kier alpha value is -3.29. The maximum atomic E-state index is 13.2. The van der Waals surface area contributed by atoms with Crippen LogP contribution in [0.25, 0.3) is 22.0 Å². The normalized spacial score (nSPS) is 15.1. The lowest BCUT2D eigenvalue weighted by atomic mass is 9.99. The van der Waals surface area contributed by atoms with E-state index in [1.807, 2.05) is 42.5 Å². The van der Waals surface area contributed by atoms with Gasteiger partial charge in [-0.3, -0.25) is 0 Å². The highest BCUT2D eigenvalue weighted by molar-refractivity contribution is 7.89. The van der Waals surface area contributed by atoms with Gasteiger partial charge in [0.1, 0.15) is 0 Å². The van der Waals surface area contributed by atoms with Crippen molar-refractivity contribution in [2.45, 2.75) is 25.7 Å². The molecule has 1 aliphatic heterocycles. The average Bonchev–Trinajstić information content (AvgIpc) is 2.86. The Morgan fingerprint density at radius 1 is 0.706 bits per heavy atom. The lowest BCUT2D eigenvalue weighted by Gasteiger charge is -2.34. The zero-order valence-electron chi connectivity index (χ0n) is 19.7. The maximum absolute atomic E-state index is 13.2. The number of rotatable bonds is 4. The van der Waals surface area contributed by atoms with E-state index in [1.54, 1.807) is 16.4 Å². The highest BCUT2D eigenvalue weighted by Crippen LogP contribution is 2.27. The minimum absolute atomic E-state index is 0.340. The average molecular weight is 473 g/mol. The van der Waals surface area contributed by atoms with Crippen LogP contribution in [0.4, 0.5) is 5.82 Å². The Morgan fingerprint density at radius 3 is 2.12 bits per heavy atom. The number of aromatic nitrogens is 2. The first kappa shape index (κ1) is 22.5. The molecule has 0 N–H and O–H groups in total. The first-order valence-corrected chi connectivity index (χ1v) is 12.9. The second-order valence-electron chi connectivity index (χ2n) is 8.93. The van der Waals surface area contributed by atoms with Crippen LogP contribution in [0.15, 0.2) is 71.6 Å². The molecule has 34 heavy (non-hydrogen) atoms. The molecule has 174 valence electrons. The van der Waals surface area contributed by atoms with Crippen LogP contribution in [0.5, 0.6) is 0 Å². The molecule has 0 spiro atoms. The van der Waals surface area contributed by atoms with Gasteiger partial charge in [-0.25, -0.2) is 8.42 Å². The molecule has 0 unspecified atom stereocenters. The van der Waals surface area contributed by atoms with Crippen molar-refractivity contribution in [1.82, 2.24) is 14.5 Å². The fourth-order valence-electron chi connectivity index (χ4n) is 4.51. The van der Waals surface area contributed by atoms with Crippen molar-refractivity contribution in [1.29, 1.82) is 0 Å². The van der Waals surface area contributed by atoms with Crippen molar-refractivity contribution in [2.24, 2.45) is 0 Å². The molecule has 1 aromatic heterocycles. The van der Waals surface area contributed by atoms with Gasteiger partial charge in [-0.05, 0) is 78.6 Å². The Morgan fingerprint density at radius 2 is 1.41 bits per heavy atom.